The Labute approximate surface area is 235 Å². The van der Waals surface area contributed by atoms with Crippen molar-refractivity contribution in [3.05, 3.63) is 63.3 Å². The van der Waals surface area contributed by atoms with Crippen molar-refractivity contribution in [2.24, 2.45) is 7.05 Å². The Kier molecular flexibility index (Phi) is 9.74. The standard InChI is InChI=1S/C18H19N5O.C13H18FNO/c1-22(13-6-4-3-5-7-13)17-14(11-20)18(24)23(2)15-9-8-12(10-19)21-16(15)17;1-10-8-11(14)5-6-13(10)15-9-12-4-2-3-7-16-12/h8-9,13H,3-7H2,1-2H3;5-6,8,12,15H,2-4,7,9H2,1H3. The molecule has 2 aromatic heterocycles. The molecular weight excluding hydrogens is 507 g/mol. The second kappa shape index (κ2) is 13.4. The number of hydrogen-bond acceptors (Lipinski definition) is 7. The van der Waals surface area contributed by atoms with Crippen LogP contribution in [-0.4, -0.2) is 41.9 Å². The third-order valence-electron chi connectivity index (χ3n) is 7.90. The molecule has 5 rings (SSSR count). The summed E-state index contributed by atoms with van der Waals surface area (Å²) in [5, 5.41) is 22.1. The Morgan fingerprint density at radius 2 is 1.85 bits per heavy atom. The van der Waals surface area contributed by atoms with E-state index in [1.807, 2.05) is 24.9 Å². The molecule has 1 atom stereocenters. The van der Waals surface area contributed by atoms with Crippen LogP contribution in [0.25, 0.3) is 11.0 Å². The minimum Gasteiger partial charge on any atom is -0.382 e. The summed E-state index contributed by atoms with van der Waals surface area (Å²) in [7, 11) is 3.55. The van der Waals surface area contributed by atoms with Crippen molar-refractivity contribution in [1.29, 1.82) is 10.5 Å². The van der Waals surface area contributed by atoms with Crippen LogP contribution in [0.3, 0.4) is 0 Å². The van der Waals surface area contributed by atoms with Crippen molar-refractivity contribution in [3.8, 4) is 12.1 Å². The first-order valence-corrected chi connectivity index (χ1v) is 14.0. The summed E-state index contributed by atoms with van der Waals surface area (Å²) in [5.41, 5.74) is 3.72. The number of pyridine rings is 2. The highest BCUT2D eigenvalue weighted by Crippen LogP contribution is 2.32. The van der Waals surface area contributed by atoms with E-state index in [2.05, 4.69) is 16.4 Å². The van der Waals surface area contributed by atoms with E-state index in [4.69, 9.17) is 10.00 Å². The van der Waals surface area contributed by atoms with Crippen LogP contribution >= 0.6 is 0 Å². The highest BCUT2D eigenvalue weighted by molar-refractivity contribution is 5.92. The number of benzene rings is 1. The van der Waals surface area contributed by atoms with Crippen molar-refractivity contribution in [1.82, 2.24) is 9.55 Å². The fourth-order valence-electron chi connectivity index (χ4n) is 5.57. The molecule has 1 aliphatic carbocycles. The lowest BCUT2D eigenvalue weighted by Crippen LogP contribution is -2.36. The second-order valence-electron chi connectivity index (χ2n) is 10.6. The van der Waals surface area contributed by atoms with Crippen molar-refractivity contribution >= 4 is 22.4 Å². The van der Waals surface area contributed by atoms with Crippen LogP contribution in [0.4, 0.5) is 15.8 Å². The van der Waals surface area contributed by atoms with Gasteiger partial charge in [-0.1, -0.05) is 19.3 Å². The van der Waals surface area contributed by atoms with Crippen molar-refractivity contribution < 1.29 is 9.13 Å². The van der Waals surface area contributed by atoms with Crippen molar-refractivity contribution in [2.75, 3.05) is 30.4 Å². The van der Waals surface area contributed by atoms with Crippen LogP contribution in [0.15, 0.2) is 35.1 Å². The van der Waals surface area contributed by atoms with E-state index in [1.165, 1.54) is 29.9 Å². The van der Waals surface area contributed by atoms with Gasteiger partial charge in [0.15, 0.2) is 0 Å². The lowest BCUT2D eigenvalue weighted by molar-refractivity contribution is 0.0247. The molecule has 1 N–H and O–H groups in total. The summed E-state index contributed by atoms with van der Waals surface area (Å²) in [6.07, 6.45) is 9.44. The van der Waals surface area contributed by atoms with Crippen molar-refractivity contribution in [2.45, 2.75) is 70.4 Å². The summed E-state index contributed by atoms with van der Waals surface area (Å²) >= 11 is 0. The summed E-state index contributed by atoms with van der Waals surface area (Å²) in [5.74, 6) is -0.183. The maximum atomic E-state index is 12.9. The predicted molar refractivity (Wildman–Crippen MR) is 155 cm³/mol. The first kappa shape index (κ1) is 29.0. The summed E-state index contributed by atoms with van der Waals surface area (Å²) in [4.78, 5) is 19.0. The molecule has 0 bridgehead atoms. The molecule has 2 aliphatic rings. The average molecular weight is 545 g/mol. The molecule has 8 nitrogen and oxygen atoms in total. The van der Waals surface area contributed by atoms with Gasteiger partial charge < -0.3 is 19.5 Å². The van der Waals surface area contributed by atoms with E-state index in [0.29, 0.717) is 22.8 Å². The van der Waals surface area contributed by atoms with Crippen LogP contribution in [-0.2, 0) is 11.8 Å². The fourth-order valence-corrected chi connectivity index (χ4v) is 5.57. The predicted octanol–water partition coefficient (Wildman–Crippen LogP) is 5.56. The first-order chi connectivity index (χ1) is 19.3. The molecule has 2 fully saturated rings. The van der Waals surface area contributed by atoms with Gasteiger partial charge in [-0.2, -0.15) is 10.5 Å². The fraction of sp³-hybridized carbons (Fsp3) is 0.484. The zero-order chi connectivity index (χ0) is 28.6. The molecule has 1 saturated heterocycles. The van der Waals surface area contributed by atoms with Gasteiger partial charge in [0.05, 0.1) is 17.3 Å². The molecule has 9 heteroatoms. The first-order valence-electron chi connectivity index (χ1n) is 14.0. The molecule has 0 radical (unpaired) electrons. The van der Waals surface area contributed by atoms with E-state index >= 15 is 0 Å². The third-order valence-corrected chi connectivity index (χ3v) is 7.90. The molecule has 0 spiro atoms. The number of halogens is 1. The number of anilines is 2. The number of nitrogens with zero attached hydrogens (tertiary/aromatic N) is 5. The highest BCUT2D eigenvalue weighted by Gasteiger charge is 2.26. The van der Waals surface area contributed by atoms with Crippen molar-refractivity contribution in [3.63, 3.8) is 0 Å². The van der Waals surface area contributed by atoms with E-state index < -0.39 is 0 Å². The maximum absolute atomic E-state index is 12.9. The quantitative estimate of drug-likeness (QED) is 0.448. The monoisotopic (exact) mass is 544 g/mol. The molecule has 0 amide bonds. The molecule has 1 saturated carbocycles. The zero-order valence-electron chi connectivity index (χ0n) is 23.5. The highest BCUT2D eigenvalue weighted by atomic mass is 19.1. The number of nitriles is 2. The maximum Gasteiger partial charge on any atom is 0.270 e. The molecule has 1 aliphatic heterocycles. The molecule has 3 aromatic rings. The Morgan fingerprint density at radius 3 is 2.50 bits per heavy atom. The lowest BCUT2D eigenvalue weighted by Gasteiger charge is -2.33. The van der Waals surface area contributed by atoms with E-state index in [-0.39, 0.29) is 28.7 Å². The largest absolute Gasteiger partial charge is 0.382 e. The molecule has 40 heavy (non-hydrogen) atoms. The van der Waals surface area contributed by atoms with Gasteiger partial charge in [-0.05, 0) is 74.9 Å². The number of nitrogens with one attached hydrogen (secondary N) is 1. The van der Waals surface area contributed by atoms with Gasteiger partial charge in [0.2, 0.25) is 0 Å². The third kappa shape index (κ3) is 6.60. The normalized spacial score (nSPS) is 17.3. The molecule has 1 unspecified atom stereocenters. The number of ether oxygens (including phenoxy) is 1. The van der Waals surface area contributed by atoms with E-state index in [9.17, 15) is 14.4 Å². The summed E-state index contributed by atoms with van der Waals surface area (Å²) in [6, 6.07) is 12.5. The number of hydrogen-bond donors (Lipinski definition) is 1. The Bertz CT molecular complexity index is 1480. The zero-order valence-corrected chi connectivity index (χ0v) is 23.5. The van der Waals surface area contributed by atoms with Gasteiger partial charge in [-0.3, -0.25) is 4.79 Å². The minimum absolute atomic E-state index is 0.0978. The van der Waals surface area contributed by atoms with E-state index in [1.54, 1.807) is 31.3 Å². The SMILES string of the molecule is CN(c1c(C#N)c(=O)n(C)c2ccc(C#N)nc12)C1CCCCC1.Cc1cc(F)ccc1NCC1CCCCO1. The molecule has 3 heterocycles. The van der Waals surface area contributed by atoms with Gasteiger partial charge >= 0.3 is 0 Å². The van der Waals surface area contributed by atoms with Crippen LogP contribution in [0.1, 0.15) is 68.2 Å². The number of aryl methyl sites for hydroxylation is 2. The number of aromatic nitrogens is 2. The molecule has 1 aromatic carbocycles. The topological polar surface area (TPSA) is 107 Å². The Morgan fingerprint density at radius 1 is 1.10 bits per heavy atom. The van der Waals surface area contributed by atoms with Gasteiger partial charge in [0, 0.05) is 39.0 Å². The number of fused-ring (bicyclic) bond motifs is 1. The van der Waals surface area contributed by atoms with Gasteiger partial charge in [-0.15, -0.1) is 0 Å². The minimum atomic E-state index is -0.325. The lowest BCUT2D eigenvalue weighted by atomic mass is 9.93. The Balaban J connectivity index is 0.000000201. The van der Waals surface area contributed by atoms with Crippen LogP contribution in [0, 0.1) is 35.4 Å². The van der Waals surface area contributed by atoms with Gasteiger partial charge in [0.25, 0.3) is 5.56 Å². The van der Waals surface area contributed by atoms with Crippen LogP contribution in [0.2, 0.25) is 0 Å². The van der Waals surface area contributed by atoms with Gasteiger partial charge in [-0.25, -0.2) is 9.37 Å². The molecular formula is C31H37FN6O2. The summed E-state index contributed by atoms with van der Waals surface area (Å²) in [6.45, 7) is 3.59. The smallest absolute Gasteiger partial charge is 0.270 e. The number of rotatable bonds is 5. The van der Waals surface area contributed by atoms with Crippen LogP contribution < -0.4 is 15.8 Å². The average Bonchev–Trinajstić information content (AvgIpc) is 2.99. The molecule has 210 valence electrons. The second-order valence-corrected chi connectivity index (χ2v) is 10.6. The van der Waals surface area contributed by atoms with Crippen LogP contribution in [0.5, 0.6) is 0 Å². The Hall–Kier alpha value is -3.95. The summed E-state index contributed by atoms with van der Waals surface area (Å²) < 4.78 is 19.9. The van der Waals surface area contributed by atoms with E-state index in [0.717, 1.165) is 56.5 Å². The van der Waals surface area contributed by atoms with Gasteiger partial charge in [0.1, 0.15) is 34.7 Å².